The van der Waals surface area contributed by atoms with Crippen LogP contribution in [0, 0.1) is 5.82 Å². The van der Waals surface area contributed by atoms with Gasteiger partial charge in [-0.05, 0) is 57.1 Å². The molecule has 1 aromatic rings. The van der Waals surface area contributed by atoms with Crippen LogP contribution in [0.3, 0.4) is 0 Å². The van der Waals surface area contributed by atoms with Crippen molar-refractivity contribution in [3.8, 4) is 0 Å². The number of aliphatic imine (C=N–C) groups is 2. The molecule has 4 N–H and O–H groups in total. The molecule has 1 saturated carbocycles. The fraction of sp³-hybridized carbons (Fsp3) is 0.579. The van der Waals surface area contributed by atoms with E-state index in [1.54, 1.807) is 6.07 Å². The summed E-state index contributed by atoms with van der Waals surface area (Å²) in [7, 11) is 0. The van der Waals surface area contributed by atoms with Crippen molar-refractivity contribution in [2.45, 2.75) is 57.0 Å². The zero-order valence-electron chi connectivity index (χ0n) is 15.1. The third-order valence-corrected chi connectivity index (χ3v) is 5.73. The van der Waals surface area contributed by atoms with Crippen molar-refractivity contribution >= 4 is 23.3 Å². The largest absolute Gasteiger partial charge is 0.369 e. The normalized spacial score (nSPS) is 23.0. The lowest BCUT2D eigenvalue weighted by Gasteiger charge is -2.47. The highest BCUT2D eigenvalue weighted by atomic mass is 19.1. The number of anilines is 2. The molecule has 7 heteroatoms. The molecule has 4 rings (SSSR count). The number of halogens is 1. The standard InChI is InChI=1S/C19H27FN6/c20-14-8-7-9-15(16(14)25-12-5-2-6-13-25)26-18(22)23-17(21)24-19(26)10-3-1-4-11-19/h7-9H,1-6,10-13H2,(H4,21,22,23,24). The van der Waals surface area contributed by atoms with Crippen molar-refractivity contribution < 1.29 is 4.39 Å². The van der Waals surface area contributed by atoms with Crippen molar-refractivity contribution in [2.24, 2.45) is 21.5 Å². The Bertz CT molecular complexity index is 732. The predicted molar refractivity (Wildman–Crippen MR) is 104 cm³/mol. The minimum Gasteiger partial charge on any atom is -0.369 e. The van der Waals surface area contributed by atoms with E-state index in [1.165, 1.54) is 18.9 Å². The first kappa shape index (κ1) is 17.1. The molecule has 0 aromatic heterocycles. The van der Waals surface area contributed by atoms with E-state index in [4.69, 9.17) is 16.5 Å². The van der Waals surface area contributed by atoms with Gasteiger partial charge in [-0.2, -0.15) is 4.99 Å². The van der Waals surface area contributed by atoms with Crippen molar-refractivity contribution in [1.82, 2.24) is 0 Å². The highest BCUT2D eigenvalue weighted by Crippen LogP contribution is 2.43. The van der Waals surface area contributed by atoms with Crippen LogP contribution in [0.2, 0.25) is 0 Å². The van der Waals surface area contributed by atoms with Crippen molar-refractivity contribution in [3.05, 3.63) is 24.0 Å². The Balaban J connectivity index is 1.82. The number of nitrogens with zero attached hydrogens (tertiary/aromatic N) is 4. The van der Waals surface area contributed by atoms with Crippen LogP contribution in [0.1, 0.15) is 51.4 Å². The van der Waals surface area contributed by atoms with Crippen LogP contribution in [-0.2, 0) is 0 Å². The first-order valence-corrected chi connectivity index (χ1v) is 9.64. The summed E-state index contributed by atoms with van der Waals surface area (Å²) in [5, 5.41) is 0. The number of guanidine groups is 2. The number of hydrogen-bond acceptors (Lipinski definition) is 6. The molecule has 1 aliphatic carbocycles. The van der Waals surface area contributed by atoms with Gasteiger partial charge >= 0.3 is 0 Å². The maximum Gasteiger partial charge on any atom is 0.220 e. The molecule has 1 spiro atoms. The van der Waals surface area contributed by atoms with Crippen LogP contribution in [0.5, 0.6) is 0 Å². The summed E-state index contributed by atoms with van der Waals surface area (Å²) < 4.78 is 14.9. The molecule has 0 radical (unpaired) electrons. The van der Waals surface area contributed by atoms with E-state index in [-0.39, 0.29) is 11.8 Å². The molecule has 0 bridgehead atoms. The summed E-state index contributed by atoms with van der Waals surface area (Å²) in [4.78, 5) is 13.0. The Morgan fingerprint density at radius 1 is 0.962 bits per heavy atom. The number of rotatable bonds is 2. The van der Waals surface area contributed by atoms with E-state index in [1.807, 2.05) is 11.0 Å². The zero-order valence-corrected chi connectivity index (χ0v) is 15.1. The average molecular weight is 358 g/mol. The number of para-hydroxylation sites is 1. The summed E-state index contributed by atoms with van der Waals surface area (Å²) >= 11 is 0. The van der Waals surface area contributed by atoms with Gasteiger partial charge in [0.2, 0.25) is 11.9 Å². The first-order chi connectivity index (χ1) is 12.6. The Kier molecular flexibility index (Phi) is 4.46. The van der Waals surface area contributed by atoms with Crippen molar-refractivity contribution in [1.29, 1.82) is 0 Å². The summed E-state index contributed by atoms with van der Waals surface area (Å²) in [6.45, 7) is 1.72. The molecule has 1 saturated heterocycles. The van der Waals surface area contributed by atoms with E-state index in [9.17, 15) is 4.39 Å². The minimum atomic E-state index is -0.549. The summed E-state index contributed by atoms with van der Waals surface area (Å²) in [5.41, 5.74) is 13.1. The molecule has 2 heterocycles. The van der Waals surface area contributed by atoms with Gasteiger partial charge in [0.05, 0.1) is 11.4 Å². The maximum atomic E-state index is 14.9. The third kappa shape index (κ3) is 2.89. The lowest BCUT2D eigenvalue weighted by atomic mass is 9.87. The topological polar surface area (TPSA) is 83.2 Å². The Labute approximate surface area is 153 Å². The van der Waals surface area contributed by atoms with Gasteiger partial charge < -0.3 is 16.4 Å². The summed E-state index contributed by atoms with van der Waals surface area (Å²) in [5.74, 6) is 0.311. The molecule has 1 aromatic carbocycles. The van der Waals surface area contributed by atoms with E-state index < -0.39 is 5.66 Å². The van der Waals surface area contributed by atoms with Crippen LogP contribution in [-0.4, -0.2) is 30.7 Å². The van der Waals surface area contributed by atoms with Gasteiger partial charge in [0.1, 0.15) is 11.5 Å². The van der Waals surface area contributed by atoms with E-state index in [0.717, 1.165) is 57.3 Å². The lowest BCUT2D eigenvalue weighted by Crippen LogP contribution is -2.58. The summed E-state index contributed by atoms with van der Waals surface area (Å²) in [6, 6.07) is 5.20. The van der Waals surface area contributed by atoms with Gasteiger partial charge in [-0.3, -0.25) is 4.90 Å². The van der Waals surface area contributed by atoms with Crippen LogP contribution in [0.15, 0.2) is 28.2 Å². The van der Waals surface area contributed by atoms with Gasteiger partial charge in [-0.25, -0.2) is 9.38 Å². The van der Waals surface area contributed by atoms with Gasteiger partial charge in [-0.1, -0.05) is 12.5 Å². The summed E-state index contributed by atoms with van der Waals surface area (Å²) in [6.07, 6.45) is 8.31. The molecular formula is C19H27FN6. The SMILES string of the molecule is NC1=NC2(CCCCC2)N(c2cccc(F)c2N2CCCCC2)C(N)=N1. The zero-order chi connectivity index (χ0) is 18.1. The molecule has 2 aliphatic heterocycles. The van der Waals surface area contributed by atoms with E-state index in [0.29, 0.717) is 11.6 Å². The Hall–Kier alpha value is -2.31. The maximum absolute atomic E-state index is 14.9. The first-order valence-electron chi connectivity index (χ1n) is 9.64. The quantitative estimate of drug-likeness (QED) is 0.851. The number of benzene rings is 1. The lowest BCUT2D eigenvalue weighted by molar-refractivity contribution is 0.305. The number of piperidine rings is 1. The van der Waals surface area contributed by atoms with Gasteiger partial charge in [0.25, 0.3) is 0 Å². The monoisotopic (exact) mass is 358 g/mol. The number of nitrogens with two attached hydrogens (primary N) is 2. The second kappa shape index (κ2) is 6.78. The Morgan fingerprint density at radius 2 is 1.65 bits per heavy atom. The molecular weight excluding hydrogens is 331 g/mol. The van der Waals surface area contributed by atoms with Gasteiger partial charge in [0, 0.05) is 13.1 Å². The highest BCUT2D eigenvalue weighted by molar-refractivity contribution is 6.07. The van der Waals surface area contributed by atoms with Crippen LogP contribution in [0.25, 0.3) is 0 Å². The molecule has 0 unspecified atom stereocenters. The van der Waals surface area contributed by atoms with Crippen LogP contribution < -0.4 is 21.3 Å². The molecule has 0 atom stereocenters. The Morgan fingerprint density at radius 3 is 2.38 bits per heavy atom. The van der Waals surface area contributed by atoms with Crippen molar-refractivity contribution in [2.75, 3.05) is 22.9 Å². The molecule has 0 amide bonds. The minimum absolute atomic E-state index is 0.217. The van der Waals surface area contributed by atoms with E-state index >= 15 is 0 Å². The molecule has 26 heavy (non-hydrogen) atoms. The van der Waals surface area contributed by atoms with Gasteiger partial charge in [0.15, 0.2) is 0 Å². The highest BCUT2D eigenvalue weighted by Gasteiger charge is 2.44. The smallest absolute Gasteiger partial charge is 0.220 e. The molecule has 6 nitrogen and oxygen atoms in total. The number of hydrogen-bond donors (Lipinski definition) is 2. The van der Waals surface area contributed by atoms with Crippen molar-refractivity contribution in [3.63, 3.8) is 0 Å². The second-order valence-corrected chi connectivity index (χ2v) is 7.47. The van der Waals surface area contributed by atoms with Gasteiger partial charge in [-0.15, -0.1) is 0 Å². The fourth-order valence-electron chi connectivity index (χ4n) is 4.58. The molecule has 140 valence electrons. The average Bonchev–Trinajstić information content (AvgIpc) is 2.62. The van der Waals surface area contributed by atoms with E-state index in [2.05, 4.69) is 9.89 Å². The van der Waals surface area contributed by atoms with Crippen LogP contribution >= 0.6 is 0 Å². The molecule has 2 fully saturated rings. The third-order valence-electron chi connectivity index (χ3n) is 5.73. The molecule has 3 aliphatic rings. The second-order valence-electron chi connectivity index (χ2n) is 7.47. The van der Waals surface area contributed by atoms with Crippen LogP contribution in [0.4, 0.5) is 15.8 Å². The predicted octanol–water partition coefficient (Wildman–Crippen LogP) is 2.93. The fourth-order valence-corrected chi connectivity index (χ4v) is 4.58.